The van der Waals surface area contributed by atoms with E-state index in [-0.39, 0.29) is 6.04 Å². The highest BCUT2D eigenvalue weighted by Crippen LogP contribution is 2.36. The van der Waals surface area contributed by atoms with E-state index in [0.29, 0.717) is 0 Å². The van der Waals surface area contributed by atoms with Crippen molar-refractivity contribution in [1.82, 2.24) is 18.8 Å². The van der Waals surface area contributed by atoms with Gasteiger partial charge < -0.3 is 0 Å². The highest BCUT2D eigenvalue weighted by Gasteiger charge is 2.25. The minimum absolute atomic E-state index is 0.183. The number of nitrogens with one attached hydrogen (secondary N) is 1. The summed E-state index contributed by atoms with van der Waals surface area (Å²) in [7, 11) is 3.82. The van der Waals surface area contributed by atoms with Gasteiger partial charge >= 0.3 is 0 Å². The molecule has 0 saturated carbocycles. The first-order chi connectivity index (χ1) is 10.1. The molecule has 2 atom stereocenters. The van der Waals surface area contributed by atoms with Gasteiger partial charge in [-0.05, 0) is 24.5 Å². The smallest absolute Gasteiger partial charge is 0.170 e. The van der Waals surface area contributed by atoms with E-state index in [1.807, 2.05) is 46.8 Å². The van der Waals surface area contributed by atoms with Gasteiger partial charge in [0.05, 0.1) is 12.2 Å². The van der Waals surface area contributed by atoms with Gasteiger partial charge in [0.1, 0.15) is 0 Å². The minimum Gasteiger partial charge on any atom is -0.275 e. The zero-order valence-electron chi connectivity index (χ0n) is 12.5. The Bertz CT molecular complexity index is 664. The molecule has 0 aliphatic carbocycles. The number of hydrogen-bond acceptors (Lipinski definition) is 3. The zero-order valence-corrected chi connectivity index (χ0v) is 14.1. The first kappa shape index (κ1) is 14.9. The van der Waals surface area contributed by atoms with Gasteiger partial charge in [-0.25, -0.2) is 13.2 Å². The van der Waals surface area contributed by atoms with Crippen LogP contribution in [0.5, 0.6) is 0 Å². The molecule has 0 spiro atoms. The van der Waals surface area contributed by atoms with Crippen LogP contribution in [0, 0.1) is 0 Å². The quantitative estimate of drug-likeness (QED) is 0.941. The molecular formula is C14H20N4OS2. The predicted octanol–water partition coefficient (Wildman–Crippen LogP) is 2.26. The number of aromatic nitrogens is 2. The second kappa shape index (κ2) is 6.00. The summed E-state index contributed by atoms with van der Waals surface area (Å²) in [6.45, 7) is 3.03. The van der Waals surface area contributed by atoms with Crippen LogP contribution in [0.2, 0.25) is 0 Å². The molecule has 0 aromatic carbocycles. The van der Waals surface area contributed by atoms with E-state index in [4.69, 9.17) is 0 Å². The van der Waals surface area contributed by atoms with E-state index in [0.717, 1.165) is 24.9 Å². The summed E-state index contributed by atoms with van der Waals surface area (Å²) in [4.78, 5) is 2.64. The Labute approximate surface area is 131 Å². The molecule has 1 saturated heterocycles. The monoisotopic (exact) mass is 324 g/mol. The van der Waals surface area contributed by atoms with Crippen LogP contribution in [-0.4, -0.2) is 31.9 Å². The first-order valence-corrected chi connectivity index (χ1v) is 9.01. The average Bonchev–Trinajstić information content (AvgIpc) is 3.07. The third-order valence-corrected chi connectivity index (χ3v) is 6.40. The Morgan fingerprint density at radius 1 is 1.52 bits per heavy atom. The topological polar surface area (TPSA) is 50.2 Å². The fourth-order valence-electron chi connectivity index (χ4n) is 2.55. The zero-order chi connectivity index (χ0) is 15.0. The van der Waals surface area contributed by atoms with Crippen molar-refractivity contribution >= 4 is 22.5 Å². The summed E-state index contributed by atoms with van der Waals surface area (Å²) in [5.74, 6) is 0. The molecule has 3 heterocycles. The highest BCUT2D eigenvalue weighted by atomic mass is 32.2. The molecule has 0 bridgehead atoms. The Morgan fingerprint density at radius 3 is 2.95 bits per heavy atom. The van der Waals surface area contributed by atoms with Crippen molar-refractivity contribution in [3.63, 3.8) is 0 Å². The summed E-state index contributed by atoms with van der Waals surface area (Å²) in [6.07, 6.45) is 5.94. The lowest BCUT2D eigenvalue weighted by molar-refractivity contribution is 0.421. The molecule has 1 N–H and O–H groups in total. The van der Waals surface area contributed by atoms with Crippen LogP contribution < -0.4 is 4.72 Å². The summed E-state index contributed by atoms with van der Waals surface area (Å²) in [5, 5.41) is 4.26. The Balaban J connectivity index is 1.91. The van der Waals surface area contributed by atoms with Crippen LogP contribution in [0.15, 0.2) is 18.5 Å². The molecule has 21 heavy (non-hydrogen) atoms. The molecule has 5 nitrogen and oxygen atoms in total. The SMILES string of the molecule is CCc1sc([C@@H]2CCN(C)S(=O)N2)cc1-c1cnn(C)c1. The van der Waals surface area contributed by atoms with Crippen molar-refractivity contribution in [2.45, 2.75) is 25.8 Å². The van der Waals surface area contributed by atoms with Crippen molar-refractivity contribution < 1.29 is 4.21 Å². The van der Waals surface area contributed by atoms with Gasteiger partial charge in [-0.3, -0.25) is 4.68 Å². The maximum absolute atomic E-state index is 11.9. The summed E-state index contributed by atoms with van der Waals surface area (Å²) < 4.78 is 18.8. The normalized spacial score (nSPS) is 23.6. The molecule has 1 fully saturated rings. The first-order valence-electron chi connectivity index (χ1n) is 7.09. The molecule has 0 amide bonds. The number of aryl methyl sites for hydroxylation is 2. The van der Waals surface area contributed by atoms with E-state index in [1.54, 1.807) is 0 Å². The van der Waals surface area contributed by atoms with Gasteiger partial charge in [0.25, 0.3) is 0 Å². The van der Waals surface area contributed by atoms with Gasteiger partial charge in [-0.1, -0.05) is 6.92 Å². The van der Waals surface area contributed by atoms with E-state index in [1.165, 1.54) is 15.3 Å². The van der Waals surface area contributed by atoms with Crippen LogP contribution in [0.25, 0.3) is 11.1 Å². The Morgan fingerprint density at radius 2 is 2.33 bits per heavy atom. The van der Waals surface area contributed by atoms with Crippen molar-refractivity contribution in [3.05, 3.63) is 28.2 Å². The van der Waals surface area contributed by atoms with Crippen molar-refractivity contribution in [2.24, 2.45) is 7.05 Å². The third-order valence-electron chi connectivity index (χ3n) is 3.77. The van der Waals surface area contributed by atoms with Crippen molar-refractivity contribution in [1.29, 1.82) is 0 Å². The lowest BCUT2D eigenvalue weighted by atomic mass is 10.1. The van der Waals surface area contributed by atoms with Crippen LogP contribution in [0.3, 0.4) is 0 Å². The summed E-state index contributed by atoms with van der Waals surface area (Å²) >= 11 is 0.739. The largest absolute Gasteiger partial charge is 0.275 e. The lowest BCUT2D eigenvalue weighted by Gasteiger charge is -2.28. The molecule has 0 radical (unpaired) electrons. The number of rotatable bonds is 3. The van der Waals surface area contributed by atoms with E-state index in [2.05, 4.69) is 22.8 Å². The average molecular weight is 324 g/mol. The standard InChI is InChI=1S/C14H20N4OS2/c1-4-13-11(10-8-15-17(2)9-10)7-14(20-13)12-5-6-18(3)21(19)16-12/h7-9,12,16H,4-6H2,1-3H3/t12-,21?/m0/s1. The second-order valence-corrected chi connectivity index (χ2v) is 7.83. The Hall–Kier alpha value is -1.02. The molecule has 2 aromatic rings. The lowest BCUT2D eigenvalue weighted by Crippen LogP contribution is -2.41. The van der Waals surface area contributed by atoms with Gasteiger partial charge in [0.2, 0.25) is 0 Å². The van der Waals surface area contributed by atoms with Gasteiger partial charge in [-0.2, -0.15) is 5.10 Å². The molecule has 2 aromatic heterocycles. The van der Waals surface area contributed by atoms with Crippen LogP contribution >= 0.6 is 11.3 Å². The fraction of sp³-hybridized carbons (Fsp3) is 0.500. The van der Waals surface area contributed by atoms with Gasteiger partial charge in [0.15, 0.2) is 11.2 Å². The van der Waals surface area contributed by atoms with Crippen LogP contribution in [-0.2, 0) is 24.6 Å². The maximum atomic E-state index is 11.9. The number of nitrogens with zero attached hydrogens (tertiary/aromatic N) is 3. The Kier molecular flexibility index (Phi) is 4.26. The predicted molar refractivity (Wildman–Crippen MR) is 87.2 cm³/mol. The van der Waals surface area contributed by atoms with Crippen molar-refractivity contribution in [2.75, 3.05) is 13.6 Å². The molecule has 1 aliphatic rings. The molecule has 7 heteroatoms. The summed E-state index contributed by atoms with van der Waals surface area (Å²) in [5.41, 5.74) is 2.42. The highest BCUT2D eigenvalue weighted by molar-refractivity contribution is 7.80. The van der Waals surface area contributed by atoms with E-state index in [9.17, 15) is 4.21 Å². The third kappa shape index (κ3) is 2.96. The van der Waals surface area contributed by atoms with Crippen LogP contribution in [0.4, 0.5) is 0 Å². The van der Waals surface area contributed by atoms with E-state index >= 15 is 0 Å². The number of thiophene rings is 1. The van der Waals surface area contributed by atoms with Gasteiger partial charge in [0, 0.05) is 42.2 Å². The molecular weight excluding hydrogens is 304 g/mol. The van der Waals surface area contributed by atoms with E-state index < -0.39 is 11.2 Å². The maximum Gasteiger partial charge on any atom is 0.170 e. The van der Waals surface area contributed by atoms with Crippen molar-refractivity contribution in [3.8, 4) is 11.1 Å². The van der Waals surface area contributed by atoms with Gasteiger partial charge in [-0.15, -0.1) is 11.3 Å². The minimum atomic E-state index is -1.08. The molecule has 114 valence electrons. The molecule has 1 unspecified atom stereocenters. The second-order valence-electron chi connectivity index (χ2n) is 5.30. The summed E-state index contributed by atoms with van der Waals surface area (Å²) in [6, 6.07) is 2.42. The fourth-order valence-corrected chi connectivity index (χ4v) is 4.78. The number of hydrogen-bond donors (Lipinski definition) is 1. The van der Waals surface area contributed by atoms with Crippen LogP contribution in [0.1, 0.15) is 29.1 Å². The molecule has 1 aliphatic heterocycles. The molecule has 3 rings (SSSR count).